The Morgan fingerprint density at radius 1 is 1.03 bits per heavy atom. The van der Waals surface area contributed by atoms with E-state index in [1.54, 1.807) is 43.3 Å². The van der Waals surface area contributed by atoms with Gasteiger partial charge in [-0.1, -0.05) is 62.7 Å². The highest BCUT2D eigenvalue weighted by Gasteiger charge is 2.30. The number of rotatable bonds is 11. The van der Waals surface area contributed by atoms with Gasteiger partial charge in [-0.25, -0.2) is 8.42 Å². The molecule has 2 aromatic carbocycles. The van der Waals surface area contributed by atoms with E-state index >= 15 is 0 Å². The van der Waals surface area contributed by atoms with E-state index in [1.807, 2.05) is 32.9 Å². The van der Waals surface area contributed by atoms with Crippen molar-refractivity contribution in [2.45, 2.75) is 52.6 Å². The van der Waals surface area contributed by atoms with Crippen molar-refractivity contribution in [1.29, 1.82) is 0 Å². The van der Waals surface area contributed by atoms with Crippen molar-refractivity contribution in [1.82, 2.24) is 10.2 Å². The Hall–Kier alpha value is -2.58. The molecule has 1 atom stereocenters. The summed E-state index contributed by atoms with van der Waals surface area (Å²) in [6.07, 6.45) is 1.84. The summed E-state index contributed by atoms with van der Waals surface area (Å²) >= 11 is 5.99. The highest BCUT2D eigenvalue weighted by molar-refractivity contribution is 7.92. The summed E-state index contributed by atoms with van der Waals surface area (Å²) < 4.78 is 26.7. The molecule has 0 saturated carbocycles. The number of hydrogen-bond acceptors (Lipinski definition) is 4. The molecule has 0 aromatic heterocycles. The fourth-order valence-electron chi connectivity index (χ4n) is 3.56. The van der Waals surface area contributed by atoms with Crippen molar-refractivity contribution in [3.05, 3.63) is 64.7 Å². The van der Waals surface area contributed by atoms with Crippen molar-refractivity contribution in [2.75, 3.05) is 23.7 Å². The second-order valence-corrected chi connectivity index (χ2v) is 10.9. The van der Waals surface area contributed by atoms with Gasteiger partial charge in [-0.2, -0.15) is 0 Å². The van der Waals surface area contributed by atoms with Crippen LogP contribution in [0.2, 0.25) is 5.02 Å². The van der Waals surface area contributed by atoms with E-state index in [0.717, 1.165) is 28.1 Å². The van der Waals surface area contributed by atoms with E-state index in [9.17, 15) is 18.0 Å². The summed E-state index contributed by atoms with van der Waals surface area (Å²) in [5.41, 5.74) is 2.06. The second kappa shape index (κ2) is 12.2. The van der Waals surface area contributed by atoms with Crippen LogP contribution in [-0.4, -0.2) is 50.5 Å². The molecule has 0 aliphatic heterocycles. The number of benzene rings is 2. The van der Waals surface area contributed by atoms with E-state index in [-0.39, 0.29) is 18.4 Å². The van der Waals surface area contributed by atoms with Crippen LogP contribution in [0.4, 0.5) is 5.69 Å². The minimum atomic E-state index is -3.77. The van der Waals surface area contributed by atoms with Crippen LogP contribution in [-0.2, 0) is 26.2 Å². The number of amides is 2. The largest absolute Gasteiger partial charge is 0.354 e. The number of nitrogens with one attached hydrogen (secondary N) is 1. The normalized spacial score (nSPS) is 12.3. The molecule has 9 heteroatoms. The maximum atomic E-state index is 13.6. The summed E-state index contributed by atoms with van der Waals surface area (Å²) in [6.45, 7) is 7.73. The first kappa shape index (κ1) is 27.7. The lowest BCUT2D eigenvalue weighted by Crippen LogP contribution is -2.51. The molecule has 1 N–H and O–H groups in total. The zero-order valence-corrected chi connectivity index (χ0v) is 22.0. The molecule has 2 aromatic rings. The molecule has 0 spiro atoms. The van der Waals surface area contributed by atoms with E-state index in [1.165, 1.54) is 4.90 Å². The van der Waals surface area contributed by atoms with Crippen LogP contribution in [0, 0.1) is 0 Å². The molecular weight excluding hydrogens is 474 g/mol. The first-order valence-corrected chi connectivity index (χ1v) is 13.6. The van der Waals surface area contributed by atoms with Crippen LogP contribution in [0.25, 0.3) is 0 Å². The van der Waals surface area contributed by atoms with Crippen LogP contribution in [0.5, 0.6) is 0 Å². The third kappa shape index (κ3) is 7.46. The number of carbonyl (C=O) groups excluding carboxylic acids is 2. The standard InChI is InChI=1S/C25H34ClN3O4S/c1-6-15-27-25(31)19(4)28(16-20-11-13-21(26)14-12-20)24(30)17-29(34(5,32)33)23-10-8-7-9-22(23)18(2)3/h7-14,18-19H,6,15-17H2,1-5H3,(H,27,31)/t19-/m0/s1. The third-order valence-electron chi connectivity index (χ3n) is 5.49. The number of sulfonamides is 1. The third-order valence-corrected chi connectivity index (χ3v) is 6.87. The second-order valence-electron chi connectivity index (χ2n) is 8.60. The van der Waals surface area contributed by atoms with E-state index in [4.69, 9.17) is 11.6 Å². The van der Waals surface area contributed by atoms with Gasteiger partial charge < -0.3 is 10.2 Å². The van der Waals surface area contributed by atoms with Gasteiger partial charge in [0.25, 0.3) is 0 Å². The Morgan fingerprint density at radius 2 is 1.65 bits per heavy atom. The molecule has 0 radical (unpaired) electrons. The highest BCUT2D eigenvalue weighted by Crippen LogP contribution is 2.29. The predicted octanol–water partition coefficient (Wildman–Crippen LogP) is 4.17. The predicted molar refractivity (Wildman–Crippen MR) is 137 cm³/mol. The van der Waals surface area contributed by atoms with Crippen LogP contribution in [0.15, 0.2) is 48.5 Å². The molecule has 0 aliphatic rings. The summed E-state index contributed by atoms with van der Waals surface area (Å²) in [5.74, 6) is -0.713. The van der Waals surface area contributed by atoms with Gasteiger partial charge in [-0.3, -0.25) is 13.9 Å². The van der Waals surface area contributed by atoms with E-state index in [0.29, 0.717) is 17.3 Å². The Bertz CT molecular complexity index is 1090. The molecule has 0 saturated heterocycles. The Balaban J connectivity index is 2.43. The molecule has 0 heterocycles. The first-order chi connectivity index (χ1) is 16.0. The van der Waals surface area contributed by atoms with Gasteiger partial charge in [0.2, 0.25) is 21.8 Å². The van der Waals surface area contributed by atoms with Gasteiger partial charge in [0.05, 0.1) is 11.9 Å². The first-order valence-electron chi connectivity index (χ1n) is 11.3. The van der Waals surface area contributed by atoms with Crippen molar-refractivity contribution in [3.8, 4) is 0 Å². The molecule has 186 valence electrons. The molecule has 0 fully saturated rings. The van der Waals surface area contributed by atoms with E-state index < -0.39 is 28.5 Å². The number of anilines is 1. The summed E-state index contributed by atoms with van der Waals surface area (Å²) in [6, 6.07) is 13.3. The quantitative estimate of drug-likeness (QED) is 0.494. The fourth-order valence-corrected chi connectivity index (χ4v) is 4.56. The van der Waals surface area contributed by atoms with Crippen LogP contribution >= 0.6 is 11.6 Å². The molecule has 0 bridgehead atoms. The van der Waals surface area contributed by atoms with Gasteiger partial charge in [-0.05, 0) is 48.6 Å². The lowest BCUT2D eigenvalue weighted by atomic mass is 10.0. The Labute approximate surface area is 208 Å². The summed E-state index contributed by atoms with van der Waals surface area (Å²) in [5, 5.41) is 3.38. The average Bonchev–Trinajstić information content (AvgIpc) is 2.79. The molecule has 2 rings (SSSR count). The maximum Gasteiger partial charge on any atom is 0.244 e. The van der Waals surface area contributed by atoms with Crippen molar-refractivity contribution in [2.24, 2.45) is 0 Å². The maximum absolute atomic E-state index is 13.6. The molecule has 7 nitrogen and oxygen atoms in total. The summed E-state index contributed by atoms with van der Waals surface area (Å²) in [7, 11) is -3.77. The number of carbonyl (C=O) groups is 2. The Kier molecular flexibility index (Phi) is 9.94. The fraction of sp³-hybridized carbons (Fsp3) is 0.440. The highest BCUT2D eigenvalue weighted by atomic mass is 35.5. The van der Waals surface area contributed by atoms with Crippen molar-refractivity contribution in [3.63, 3.8) is 0 Å². The zero-order chi connectivity index (χ0) is 25.5. The molecular formula is C25H34ClN3O4S. The SMILES string of the molecule is CCCNC(=O)[C@H](C)N(Cc1ccc(Cl)cc1)C(=O)CN(c1ccccc1C(C)C)S(C)(=O)=O. The lowest BCUT2D eigenvalue weighted by Gasteiger charge is -2.32. The topological polar surface area (TPSA) is 86.8 Å². The minimum Gasteiger partial charge on any atom is -0.354 e. The van der Waals surface area contributed by atoms with E-state index in [2.05, 4.69) is 5.32 Å². The van der Waals surface area contributed by atoms with Crippen molar-refractivity contribution >= 4 is 39.1 Å². The van der Waals surface area contributed by atoms with Gasteiger partial charge >= 0.3 is 0 Å². The lowest BCUT2D eigenvalue weighted by molar-refractivity contribution is -0.139. The van der Waals surface area contributed by atoms with Gasteiger partial charge in [0.15, 0.2) is 0 Å². The summed E-state index contributed by atoms with van der Waals surface area (Å²) in [4.78, 5) is 27.7. The van der Waals surface area contributed by atoms with Crippen LogP contribution in [0.1, 0.15) is 51.2 Å². The van der Waals surface area contributed by atoms with Crippen LogP contribution in [0.3, 0.4) is 0 Å². The monoisotopic (exact) mass is 507 g/mol. The number of hydrogen-bond donors (Lipinski definition) is 1. The molecule has 2 amide bonds. The van der Waals surface area contributed by atoms with Crippen LogP contribution < -0.4 is 9.62 Å². The molecule has 0 unspecified atom stereocenters. The number of para-hydroxylation sites is 1. The Morgan fingerprint density at radius 3 is 2.21 bits per heavy atom. The number of halogens is 1. The molecule has 0 aliphatic carbocycles. The van der Waals surface area contributed by atoms with Gasteiger partial charge in [-0.15, -0.1) is 0 Å². The smallest absolute Gasteiger partial charge is 0.244 e. The average molecular weight is 508 g/mol. The molecule has 34 heavy (non-hydrogen) atoms. The zero-order valence-electron chi connectivity index (χ0n) is 20.4. The number of nitrogens with zero attached hydrogens (tertiary/aromatic N) is 2. The van der Waals surface area contributed by atoms with Gasteiger partial charge in [0, 0.05) is 18.1 Å². The van der Waals surface area contributed by atoms with Gasteiger partial charge in [0.1, 0.15) is 12.6 Å². The van der Waals surface area contributed by atoms with Crippen molar-refractivity contribution < 1.29 is 18.0 Å². The minimum absolute atomic E-state index is 0.0551.